The smallest absolute Gasteiger partial charge is 0.167 e. The zero-order valence-corrected chi connectivity index (χ0v) is 15.4. The van der Waals surface area contributed by atoms with E-state index in [9.17, 15) is 28.7 Å². The molecule has 16 heteroatoms. The van der Waals surface area contributed by atoms with Gasteiger partial charge in [-0.05, 0) is 0 Å². The van der Waals surface area contributed by atoms with Gasteiger partial charge in [0, 0.05) is 13.5 Å². The van der Waals surface area contributed by atoms with E-state index >= 15 is 0 Å². The Morgan fingerprint density at radius 2 is 2.00 bits per heavy atom. The molecule has 0 aliphatic carbocycles. The van der Waals surface area contributed by atoms with Crippen LogP contribution in [0.5, 0.6) is 0 Å². The lowest BCUT2D eigenvalue weighted by atomic mass is 10.2. The first-order valence-electron chi connectivity index (χ1n) is 7.45. The van der Waals surface area contributed by atoms with Crippen LogP contribution < -0.4 is 24.9 Å². The molecule has 2 aromatic rings. The number of fused-ring (bicyclic) bond motifs is 1. The topological polar surface area (TPSA) is 210 Å². The summed E-state index contributed by atoms with van der Waals surface area (Å²) in [6.45, 7) is -0.811. The molecule has 0 saturated carbocycles. The van der Waals surface area contributed by atoms with Gasteiger partial charge in [-0.15, -0.1) is 0 Å². The van der Waals surface area contributed by atoms with Crippen LogP contribution >= 0.6 is 15.6 Å². The molecule has 0 amide bonds. The van der Waals surface area contributed by atoms with E-state index in [1.54, 1.807) is 7.05 Å². The molecule has 150 valence electrons. The van der Waals surface area contributed by atoms with Gasteiger partial charge in [-0.25, -0.2) is 15.0 Å². The molecule has 0 spiro atoms. The largest absolute Gasteiger partial charge is 0.790 e. The summed E-state index contributed by atoms with van der Waals surface area (Å²) in [7, 11) is -9.10. The molecule has 3 rings (SSSR count). The highest BCUT2D eigenvalue weighted by Gasteiger charge is 2.38. The Morgan fingerprint density at radius 1 is 1.26 bits per heavy atom. The van der Waals surface area contributed by atoms with Crippen molar-refractivity contribution in [3.05, 3.63) is 12.7 Å². The van der Waals surface area contributed by atoms with Crippen LogP contribution in [-0.2, 0) is 22.9 Å². The average Bonchev–Trinajstić information content (AvgIpc) is 3.14. The quantitative estimate of drug-likeness (QED) is 0.449. The van der Waals surface area contributed by atoms with E-state index in [2.05, 4.69) is 29.3 Å². The summed E-state index contributed by atoms with van der Waals surface area (Å²) in [5, 5.41) is 2.83. The molecule has 2 aromatic heterocycles. The van der Waals surface area contributed by atoms with Gasteiger partial charge >= 0.3 is 0 Å². The Bertz CT molecular complexity index is 911. The van der Waals surface area contributed by atoms with Crippen LogP contribution in [0.3, 0.4) is 0 Å². The number of rotatable bonds is 7. The van der Waals surface area contributed by atoms with E-state index in [1.807, 2.05) is 0 Å². The molecule has 1 aliphatic rings. The molecule has 0 aromatic carbocycles. The fraction of sp³-hybridized carbons (Fsp3) is 0.545. The molecular weight excluding hydrogens is 408 g/mol. The SMILES string of the molecule is CNc1ncnc2c1ncn2[C@H]1C[C@H](OP(=O)([O-])[O-])[C@@H](COP(=O)([O-])[O-])O1. The van der Waals surface area contributed by atoms with Crippen LogP contribution in [0, 0.1) is 0 Å². The second kappa shape index (κ2) is 7.51. The summed E-state index contributed by atoms with van der Waals surface area (Å²) >= 11 is 0. The molecule has 3 heterocycles. The highest BCUT2D eigenvalue weighted by atomic mass is 31.2. The van der Waals surface area contributed by atoms with Crippen LogP contribution in [0.1, 0.15) is 12.6 Å². The minimum atomic E-state index is -5.40. The molecule has 1 fully saturated rings. The summed E-state index contributed by atoms with van der Waals surface area (Å²) in [6.07, 6.45) is -1.10. The number of nitrogens with zero attached hydrogens (tertiary/aromatic N) is 4. The van der Waals surface area contributed by atoms with Crippen LogP contribution in [0.25, 0.3) is 11.2 Å². The molecule has 1 N–H and O–H groups in total. The molecular formula is C11H13N5O9P2-4. The van der Waals surface area contributed by atoms with E-state index in [4.69, 9.17) is 4.74 Å². The number of phosphoric ester groups is 2. The third-order valence-corrected chi connectivity index (χ3v) is 4.74. The number of aromatic nitrogens is 4. The van der Waals surface area contributed by atoms with Gasteiger partial charge < -0.3 is 47.8 Å². The third-order valence-electron chi connectivity index (χ3n) is 3.75. The van der Waals surface area contributed by atoms with Gasteiger partial charge in [-0.3, -0.25) is 4.57 Å². The van der Waals surface area contributed by atoms with Crippen molar-refractivity contribution >= 4 is 32.6 Å². The first-order valence-corrected chi connectivity index (χ1v) is 10.4. The Kier molecular flexibility index (Phi) is 5.64. The van der Waals surface area contributed by atoms with E-state index in [-0.39, 0.29) is 6.42 Å². The van der Waals surface area contributed by atoms with E-state index < -0.39 is 40.7 Å². The molecule has 1 aliphatic heterocycles. The maximum absolute atomic E-state index is 11.0. The molecule has 27 heavy (non-hydrogen) atoms. The first kappa shape index (κ1) is 20.3. The number of anilines is 1. The fourth-order valence-electron chi connectivity index (χ4n) is 2.71. The minimum absolute atomic E-state index is 0.158. The lowest BCUT2D eigenvalue weighted by molar-refractivity contribution is -0.346. The summed E-state index contributed by atoms with van der Waals surface area (Å²) in [4.78, 5) is 55.5. The predicted molar refractivity (Wildman–Crippen MR) is 79.4 cm³/mol. The van der Waals surface area contributed by atoms with Crippen molar-refractivity contribution < 1.29 is 42.5 Å². The van der Waals surface area contributed by atoms with Gasteiger partial charge in [-0.2, -0.15) is 0 Å². The van der Waals surface area contributed by atoms with Crippen LogP contribution in [0.15, 0.2) is 12.7 Å². The van der Waals surface area contributed by atoms with Crippen LogP contribution in [0.4, 0.5) is 5.82 Å². The number of nitrogens with one attached hydrogen (secondary N) is 1. The Balaban J connectivity index is 1.86. The summed E-state index contributed by atoms with van der Waals surface area (Å²) in [5.74, 6) is 0.437. The number of imidazole rings is 1. The Hall–Kier alpha value is -1.47. The average molecular weight is 421 g/mol. The van der Waals surface area contributed by atoms with Gasteiger partial charge in [0.15, 0.2) is 11.5 Å². The monoisotopic (exact) mass is 421 g/mol. The van der Waals surface area contributed by atoms with E-state index in [1.165, 1.54) is 17.2 Å². The van der Waals surface area contributed by atoms with Crippen molar-refractivity contribution in [2.45, 2.75) is 24.9 Å². The second-order valence-corrected chi connectivity index (χ2v) is 7.75. The maximum atomic E-state index is 11.0. The summed E-state index contributed by atoms with van der Waals surface area (Å²) in [5.41, 5.74) is 0.744. The zero-order chi connectivity index (χ0) is 19.8. The van der Waals surface area contributed by atoms with Crippen molar-refractivity contribution in [2.24, 2.45) is 0 Å². The first-order chi connectivity index (χ1) is 12.6. The highest BCUT2D eigenvalue weighted by Crippen LogP contribution is 2.40. The van der Waals surface area contributed by atoms with Gasteiger partial charge in [0.1, 0.15) is 24.2 Å². The van der Waals surface area contributed by atoms with Crippen molar-refractivity contribution in [1.29, 1.82) is 0 Å². The zero-order valence-electron chi connectivity index (χ0n) is 13.7. The summed E-state index contributed by atoms with van der Waals surface area (Å²) in [6, 6.07) is 0. The number of phosphoric acid groups is 2. The van der Waals surface area contributed by atoms with Gasteiger partial charge in [0.2, 0.25) is 0 Å². The van der Waals surface area contributed by atoms with Crippen LogP contribution in [-0.4, -0.2) is 45.4 Å². The lowest BCUT2D eigenvalue weighted by Gasteiger charge is -2.35. The Labute approximate surface area is 152 Å². The predicted octanol–water partition coefficient (Wildman–Crippen LogP) is -2.79. The third kappa shape index (κ3) is 4.88. The molecule has 14 nitrogen and oxygen atoms in total. The second-order valence-electron chi connectivity index (χ2n) is 5.50. The molecule has 0 unspecified atom stereocenters. The fourth-order valence-corrected chi connectivity index (χ4v) is 3.59. The maximum Gasteiger partial charge on any atom is 0.167 e. The highest BCUT2D eigenvalue weighted by molar-refractivity contribution is 7.43. The van der Waals surface area contributed by atoms with Crippen molar-refractivity contribution in [1.82, 2.24) is 19.5 Å². The van der Waals surface area contributed by atoms with Crippen molar-refractivity contribution in [3.63, 3.8) is 0 Å². The van der Waals surface area contributed by atoms with Crippen molar-refractivity contribution in [3.8, 4) is 0 Å². The minimum Gasteiger partial charge on any atom is -0.790 e. The van der Waals surface area contributed by atoms with E-state index in [0.29, 0.717) is 17.0 Å². The van der Waals surface area contributed by atoms with Gasteiger partial charge in [-0.1, -0.05) is 0 Å². The molecule has 1 saturated heterocycles. The van der Waals surface area contributed by atoms with Crippen LogP contribution in [0.2, 0.25) is 0 Å². The van der Waals surface area contributed by atoms with E-state index in [0.717, 1.165) is 0 Å². The summed E-state index contributed by atoms with van der Waals surface area (Å²) < 4.78 is 37.2. The lowest BCUT2D eigenvalue weighted by Crippen LogP contribution is -2.33. The molecule has 0 radical (unpaired) electrons. The van der Waals surface area contributed by atoms with Gasteiger partial charge in [0.25, 0.3) is 0 Å². The number of ether oxygens (including phenoxy) is 1. The van der Waals surface area contributed by atoms with Crippen molar-refractivity contribution in [2.75, 3.05) is 19.0 Å². The van der Waals surface area contributed by atoms with Gasteiger partial charge in [0.05, 0.1) is 34.7 Å². The standard InChI is InChI=1S/C11H17N5O9P2/c1-12-10-9-11(14-4-13-10)16(5-15-9)8-2-6(25-27(20,21)22)7(24-8)3-23-26(17,18)19/h4-8H,2-3H2,1H3,(H,12,13,14)(H2,17,18,19)(H2,20,21,22)/p-4/t6-,7+,8+/m0/s1. The number of hydrogen-bond donors (Lipinski definition) is 1. The Morgan fingerprint density at radius 3 is 2.63 bits per heavy atom. The normalized spacial score (nSPS) is 23.8. The molecule has 0 bridgehead atoms. The number of hydrogen-bond acceptors (Lipinski definition) is 13. The molecule has 3 atom stereocenters.